The van der Waals surface area contributed by atoms with Gasteiger partial charge in [-0.3, -0.25) is 4.79 Å². The van der Waals surface area contributed by atoms with Crippen LogP contribution in [0.2, 0.25) is 5.02 Å². The first-order chi connectivity index (χ1) is 16.7. The van der Waals surface area contributed by atoms with E-state index in [2.05, 4.69) is 34.4 Å². The van der Waals surface area contributed by atoms with Gasteiger partial charge in [-0.1, -0.05) is 41.9 Å². The maximum Gasteiger partial charge on any atom is 0.223 e. The van der Waals surface area contributed by atoms with Crippen LogP contribution in [0.25, 0.3) is 11.5 Å². The van der Waals surface area contributed by atoms with E-state index < -0.39 is 0 Å². The van der Waals surface area contributed by atoms with Gasteiger partial charge in [-0.05, 0) is 42.0 Å². The summed E-state index contributed by atoms with van der Waals surface area (Å²) in [6, 6.07) is 21.9. The van der Waals surface area contributed by atoms with Crippen molar-refractivity contribution >= 4 is 17.5 Å². The minimum Gasteiger partial charge on any atom is -0.352 e. The smallest absolute Gasteiger partial charge is 0.223 e. The number of benzene rings is 2. The summed E-state index contributed by atoms with van der Waals surface area (Å²) in [5.41, 5.74) is 3.28. The summed E-state index contributed by atoms with van der Waals surface area (Å²) in [6.07, 6.45) is 7.89. The predicted octanol–water partition coefficient (Wildman–Crippen LogP) is 3.43. The van der Waals surface area contributed by atoms with Gasteiger partial charge in [-0.15, -0.1) is 0 Å². The van der Waals surface area contributed by atoms with Crippen LogP contribution in [0.15, 0.2) is 85.3 Å². The molecule has 1 aliphatic heterocycles. The van der Waals surface area contributed by atoms with Crippen LogP contribution in [0, 0.1) is 5.92 Å². The SMILES string of the molecule is O=C(NCc1cccc(Cl)c1)C1CC[NH+](Cc2cnn(-c3ccccc3)c2-n2cccc2)CC1. The number of amides is 1. The van der Waals surface area contributed by atoms with Gasteiger partial charge < -0.3 is 14.8 Å². The molecule has 34 heavy (non-hydrogen) atoms. The van der Waals surface area contributed by atoms with Crippen LogP contribution in [0.1, 0.15) is 24.0 Å². The van der Waals surface area contributed by atoms with Crippen molar-refractivity contribution in [3.8, 4) is 11.5 Å². The second-order valence-electron chi connectivity index (χ2n) is 8.88. The number of rotatable bonds is 7. The quantitative estimate of drug-likeness (QED) is 0.431. The van der Waals surface area contributed by atoms with Gasteiger partial charge in [0.1, 0.15) is 12.4 Å². The Labute approximate surface area is 204 Å². The Morgan fingerprint density at radius 3 is 2.53 bits per heavy atom. The molecule has 2 aromatic heterocycles. The lowest BCUT2D eigenvalue weighted by molar-refractivity contribution is -0.919. The van der Waals surface area contributed by atoms with Crippen LogP contribution in [0.4, 0.5) is 0 Å². The molecule has 4 aromatic rings. The highest BCUT2D eigenvalue weighted by molar-refractivity contribution is 6.30. The minimum absolute atomic E-state index is 0.0684. The van der Waals surface area contributed by atoms with E-state index in [1.807, 2.05) is 65.5 Å². The van der Waals surface area contributed by atoms with Crippen molar-refractivity contribution < 1.29 is 9.69 Å². The molecule has 0 saturated carbocycles. The van der Waals surface area contributed by atoms with Crippen LogP contribution in [-0.2, 0) is 17.9 Å². The van der Waals surface area contributed by atoms with Gasteiger partial charge in [-0.25, -0.2) is 4.68 Å². The topological polar surface area (TPSA) is 56.3 Å². The number of nitrogens with one attached hydrogen (secondary N) is 2. The van der Waals surface area contributed by atoms with Crippen LogP contribution >= 0.6 is 11.6 Å². The van der Waals surface area contributed by atoms with Gasteiger partial charge in [0.15, 0.2) is 0 Å². The summed E-state index contributed by atoms with van der Waals surface area (Å²) < 4.78 is 4.13. The predicted molar refractivity (Wildman–Crippen MR) is 133 cm³/mol. The molecule has 0 bridgehead atoms. The first-order valence-electron chi connectivity index (χ1n) is 11.8. The Balaban J connectivity index is 1.22. The molecular weight excluding hydrogens is 446 g/mol. The minimum atomic E-state index is 0.0684. The molecule has 0 spiro atoms. The van der Waals surface area contributed by atoms with Crippen molar-refractivity contribution in [1.82, 2.24) is 19.7 Å². The largest absolute Gasteiger partial charge is 0.352 e. The molecule has 5 rings (SSSR count). The van der Waals surface area contributed by atoms with Crippen LogP contribution in [0.5, 0.6) is 0 Å². The third-order valence-electron chi connectivity index (χ3n) is 6.53. The zero-order chi connectivity index (χ0) is 23.3. The summed E-state index contributed by atoms with van der Waals surface area (Å²) >= 11 is 6.05. The van der Waals surface area contributed by atoms with Gasteiger partial charge in [0.25, 0.3) is 0 Å². The van der Waals surface area contributed by atoms with Crippen molar-refractivity contribution in [2.24, 2.45) is 5.92 Å². The summed E-state index contributed by atoms with van der Waals surface area (Å²) in [6.45, 7) is 3.34. The summed E-state index contributed by atoms with van der Waals surface area (Å²) in [5, 5.41) is 8.50. The van der Waals surface area contributed by atoms with E-state index in [1.54, 1.807) is 0 Å². The van der Waals surface area contributed by atoms with Gasteiger partial charge in [-0.2, -0.15) is 5.10 Å². The average Bonchev–Trinajstić information content (AvgIpc) is 3.54. The van der Waals surface area contributed by atoms with Crippen LogP contribution < -0.4 is 10.2 Å². The number of likely N-dealkylation sites (tertiary alicyclic amines) is 1. The third kappa shape index (κ3) is 5.08. The highest BCUT2D eigenvalue weighted by atomic mass is 35.5. The van der Waals surface area contributed by atoms with E-state index in [9.17, 15) is 4.79 Å². The molecular formula is C27H29ClN5O+. The normalized spacial score (nSPS) is 18.0. The highest BCUT2D eigenvalue weighted by Crippen LogP contribution is 2.20. The number of para-hydroxylation sites is 1. The van der Waals surface area contributed by atoms with Crippen molar-refractivity contribution in [3.05, 3.63) is 101 Å². The Hall–Kier alpha value is -3.35. The molecule has 1 aliphatic rings. The van der Waals surface area contributed by atoms with E-state index in [4.69, 9.17) is 16.7 Å². The van der Waals surface area contributed by atoms with Gasteiger partial charge in [0.2, 0.25) is 5.91 Å². The maximum atomic E-state index is 12.7. The molecule has 3 heterocycles. The number of piperidine rings is 1. The average molecular weight is 475 g/mol. The third-order valence-corrected chi connectivity index (χ3v) is 6.76. The molecule has 0 aliphatic carbocycles. The van der Waals surface area contributed by atoms with Crippen molar-refractivity contribution in [2.75, 3.05) is 13.1 Å². The lowest BCUT2D eigenvalue weighted by Gasteiger charge is -2.28. The van der Waals surface area contributed by atoms with Gasteiger partial charge >= 0.3 is 0 Å². The molecule has 6 nitrogen and oxygen atoms in total. The summed E-state index contributed by atoms with van der Waals surface area (Å²) in [7, 11) is 0. The number of carbonyl (C=O) groups is 1. The monoisotopic (exact) mass is 474 g/mol. The fourth-order valence-corrected chi connectivity index (χ4v) is 4.94. The molecule has 174 valence electrons. The fraction of sp³-hybridized carbons (Fsp3) is 0.259. The summed E-state index contributed by atoms with van der Waals surface area (Å²) in [4.78, 5) is 14.2. The van der Waals surface area contributed by atoms with Crippen LogP contribution in [-0.4, -0.2) is 33.3 Å². The molecule has 1 saturated heterocycles. The molecule has 1 fully saturated rings. The lowest BCUT2D eigenvalue weighted by Crippen LogP contribution is -3.11. The fourth-order valence-electron chi connectivity index (χ4n) is 4.72. The zero-order valence-electron chi connectivity index (χ0n) is 19.0. The number of aromatic nitrogens is 3. The van der Waals surface area contributed by atoms with E-state index in [0.29, 0.717) is 11.6 Å². The molecule has 7 heteroatoms. The Bertz CT molecular complexity index is 1230. The maximum absolute atomic E-state index is 12.7. The molecule has 1 amide bonds. The standard InChI is InChI=1S/C27H28ClN5O/c28-24-8-6-7-21(17-24)18-29-26(34)22-11-15-31(16-12-22)20-23-19-30-33(25-9-2-1-3-10-25)27(23)32-13-4-5-14-32/h1-10,13-14,17,19,22H,11-12,15-16,18,20H2,(H,29,34)/p+1. The van der Waals surface area contributed by atoms with E-state index in [-0.39, 0.29) is 11.8 Å². The summed E-state index contributed by atoms with van der Waals surface area (Å²) in [5.74, 6) is 1.29. The molecule has 0 atom stereocenters. The van der Waals surface area contributed by atoms with Crippen molar-refractivity contribution in [3.63, 3.8) is 0 Å². The number of hydrogen-bond donors (Lipinski definition) is 2. The first-order valence-corrected chi connectivity index (χ1v) is 12.2. The van der Waals surface area contributed by atoms with E-state index in [0.717, 1.165) is 49.5 Å². The number of hydrogen-bond acceptors (Lipinski definition) is 2. The van der Waals surface area contributed by atoms with Crippen molar-refractivity contribution in [1.29, 1.82) is 0 Å². The Morgan fingerprint density at radius 1 is 1.03 bits per heavy atom. The van der Waals surface area contributed by atoms with Crippen LogP contribution in [0.3, 0.4) is 0 Å². The Kier molecular flexibility index (Phi) is 6.79. The molecule has 0 unspecified atom stereocenters. The molecule has 0 radical (unpaired) electrons. The lowest BCUT2D eigenvalue weighted by atomic mass is 9.95. The second kappa shape index (κ2) is 10.3. The molecule has 2 N–H and O–H groups in total. The zero-order valence-corrected chi connectivity index (χ0v) is 19.8. The highest BCUT2D eigenvalue weighted by Gasteiger charge is 2.28. The number of quaternary nitrogens is 1. The number of nitrogens with zero attached hydrogens (tertiary/aromatic N) is 3. The van der Waals surface area contributed by atoms with Crippen molar-refractivity contribution in [2.45, 2.75) is 25.9 Å². The van der Waals surface area contributed by atoms with E-state index >= 15 is 0 Å². The number of halogens is 1. The molecule has 2 aromatic carbocycles. The van der Waals surface area contributed by atoms with E-state index in [1.165, 1.54) is 10.5 Å². The second-order valence-corrected chi connectivity index (χ2v) is 9.32. The number of carbonyl (C=O) groups excluding carboxylic acids is 1. The first kappa shape index (κ1) is 22.4. The van der Waals surface area contributed by atoms with Gasteiger partial charge in [0.05, 0.1) is 30.5 Å². The Morgan fingerprint density at radius 2 is 1.79 bits per heavy atom. The van der Waals surface area contributed by atoms with Gasteiger partial charge in [0, 0.05) is 42.7 Å².